The number of methoxy groups -OCH3 is 1. The lowest BCUT2D eigenvalue weighted by Crippen LogP contribution is -2.44. The zero-order chi connectivity index (χ0) is 26.6. The molecule has 0 aromatic heterocycles. The Balaban J connectivity index is 1.87. The average molecular weight is 603 g/mol. The minimum atomic E-state index is -4.71. The minimum Gasteiger partial charge on any atom is -0.468 e. The molecule has 2 N–H and O–H groups in total. The van der Waals surface area contributed by atoms with Crippen LogP contribution in [0.25, 0.3) is 0 Å². The van der Waals surface area contributed by atoms with Crippen LogP contribution in [-0.2, 0) is 25.3 Å². The van der Waals surface area contributed by atoms with E-state index in [9.17, 15) is 32.8 Å². The largest absolute Gasteiger partial charge is 0.468 e. The summed E-state index contributed by atoms with van der Waals surface area (Å²) in [7, 11) is 1.12. The van der Waals surface area contributed by atoms with Crippen LogP contribution in [0, 0.1) is 17.2 Å². The summed E-state index contributed by atoms with van der Waals surface area (Å²) in [6, 6.07) is 11.7. The van der Waals surface area contributed by atoms with E-state index in [0.717, 1.165) is 24.9 Å². The van der Waals surface area contributed by atoms with Gasteiger partial charge in [0, 0.05) is 16.1 Å². The summed E-state index contributed by atoms with van der Waals surface area (Å²) in [6.07, 6.45) is -4.71. The summed E-state index contributed by atoms with van der Waals surface area (Å²) in [6.45, 7) is 0. The van der Waals surface area contributed by atoms with Gasteiger partial charge in [0.1, 0.15) is 5.92 Å². The first-order valence-corrected chi connectivity index (χ1v) is 12.2. The van der Waals surface area contributed by atoms with Crippen molar-refractivity contribution in [1.82, 2.24) is 5.32 Å². The molecule has 2 aromatic carbocycles. The average Bonchev–Trinajstić information content (AvgIpc) is 2.82. The second kappa shape index (κ2) is 11.4. The van der Waals surface area contributed by atoms with Gasteiger partial charge in [0.2, 0.25) is 11.8 Å². The number of hydrogen-bond acceptors (Lipinski definition) is 6. The van der Waals surface area contributed by atoms with Crippen LogP contribution in [-0.4, -0.2) is 30.6 Å². The lowest BCUT2D eigenvalue weighted by atomic mass is 9.78. The van der Waals surface area contributed by atoms with E-state index in [2.05, 4.69) is 26.6 Å². The number of nitriles is 1. The van der Waals surface area contributed by atoms with Crippen molar-refractivity contribution in [3.63, 3.8) is 0 Å². The van der Waals surface area contributed by atoms with Crippen LogP contribution in [0.4, 0.5) is 18.9 Å². The highest BCUT2D eigenvalue weighted by atomic mass is 79.9. The number of allylic oxidation sites excluding steroid dienone is 1. The van der Waals surface area contributed by atoms with Crippen molar-refractivity contribution in [2.45, 2.75) is 12.1 Å². The van der Waals surface area contributed by atoms with Gasteiger partial charge >= 0.3 is 12.1 Å². The summed E-state index contributed by atoms with van der Waals surface area (Å²) in [4.78, 5) is 37.7. The number of rotatable bonds is 6. The third-order valence-corrected chi connectivity index (χ3v) is 6.93. The number of thioether (sulfide) groups is 1. The van der Waals surface area contributed by atoms with Crippen LogP contribution in [0.15, 0.2) is 57.5 Å². The predicted octanol–water partition coefficient (Wildman–Crippen LogP) is 5.23. The molecule has 3 rings (SSSR count). The van der Waals surface area contributed by atoms with E-state index in [1.54, 1.807) is 24.3 Å². The highest BCUT2D eigenvalue weighted by molar-refractivity contribution is 9.10. The maximum absolute atomic E-state index is 13.1. The fourth-order valence-electron chi connectivity index (χ4n) is 3.53. The van der Waals surface area contributed by atoms with E-state index in [1.165, 1.54) is 6.07 Å². The van der Waals surface area contributed by atoms with E-state index in [0.29, 0.717) is 16.1 Å². The number of alkyl halides is 3. The molecule has 2 amide bonds. The monoisotopic (exact) mass is 601 g/mol. The number of ether oxygens (including phenoxy) is 1. The van der Waals surface area contributed by atoms with Gasteiger partial charge in [0.15, 0.2) is 0 Å². The molecule has 2 aromatic rings. The Labute approximate surface area is 221 Å². The number of anilines is 1. The van der Waals surface area contributed by atoms with Crippen molar-refractivity contribution >= 4 is 62.8 Å². The van der Waals surface area contributed by atoms with E-state index < -0.39 is 46.4 Å². The molecule has 188 valence electrons. The van der Waals surface area contributed by atoms with Gasteiger partial charge in [-0.05, 0) is 35.9 Å². The topological polar surface area (TPSA) is 108 Å². The van der Waals surface area contributed by atoms with E-state index in [1.807, 2.05) is 6.07 Å². The summed E-state index contributed by atoms with van der Waals surface area (Å²) >= 11 is 9.72. The van der Waals surface area contributed by atoms with Crippen LogP contribution >= 0.6 is 39.3 Å². The Morgan fingerprint density at radius 1 is 1.28 bits per heavy atom. The number of carbonyl (C=O) groups is 3. The zero-order valence-electron chi connectivity index (χ0n) is 18.3. The molecule has 36 heavy (non-hydrogen) atoms. The lowest BCUT2D eigenvalue weighted by Gasteiger charge is -2.31. The second-order valence-electron chi connectivity index (χ2n) is 7.41. The molecule has 0 unspecified atom stereocenters. The van der Waals surface area contributed by atoms with Crippen molar-refractivity contribution < 1.29 is 32.3 Å². The molecule has 0 radical (unpaired) electrons. The molecular weight excluding hydrogens is 587 g/mol. The fourth-order valence-corrected chi connectivity index (χ4v) is 5.02. The third kappa shape index (κ3) is 6.21. The first-order valence-electron chi connectivity index (χ1n) is 10.0. The highest BCUT2D eigenvalue weighted by Crippen LogP contribution is 2.41. The van der Waals surface area contributed by atoms with E-state index >= 15 is 0 Å². The molecule has 1 heterocycles. The standard InChI is InChI=1S/C23H16BrClF3N3O4S/c1-35-22(34)19-18(11-3-2-4-12(24)7-11)14(9-29)21(31-20(19)33)36-10-17(32)30-13-5-6-16(25)15(8-13)23(26,27)28/h2-8,18-19H,10H2,1H3,(H,30,32)(H,31,33)/t18-,19-/m0/s1. The van der Waals surface area contributed by atoms with E-state index in [-0.39, 0.29) is 22.0 Å². The van der Waals surface area contributed by atoms with Crippen LogP contribution < -0.4 is 10.6 Å². The van der Waals surface area contributed by atoms with Crippen LogP contribution in [0.5, 0.6) is 0 Å². The van der Waals surface area contributed by atoms with Crippen LogP contribution in [0.2, 0.25) is 5.02 Å². The SMILES string of the molecule is COC(=O)[C@@H]1C(=O)NC(SCC(=O)Nc2ccc(Cl)c(C(F)(F)F)c2)=C(C#N)[C@@H]1c1cccc(Br)c1. The molecule has 7 nitrogen and oxygen atoms in total. The van der Waals surface area contributed by atoms with Crippen molar-refractivity contribution in [1.29, 1.82) is 5.26 Å². The smallest absolute Gasteiger partial charge is 0.417 e. The molecule has 0 spiro atoms. The van der Waals surface area contributed by atoms with Crippen molar-refractivity contribution in [3.05, 3.63) is 73.7 Å². The minimum absolute atomic E-state index is 0.0340. The number of amides is 2. The van der Waals surface area contributed by atoms with Crippen molar-refractivity contribution in [3.8, 4) is 6.07 Å². The third-order valence-electron chi connectivity index (χ3n) is 5.09. The Morgan fingerprint density at radius 2 is 2.00 bits per heavy atom. The maximum atomic E-state index is 13.1. The lowest BCUT2D eigenvalue weighted by molar-refractivity contribution is -0.150. The quantitative estimate of drug-likeness (QED) is 0.346. The molecule has 2 atom stereocenters. The van der Waals surface area contributed by atoms with Crippen LogP contribution in [0.3, 0.4) is 0 Å². The molecule has 0 bridgehead atoms. The Kier molecular flexibility index (Phi) is 8.71. The summed E-state index contributed by atoms with van der Waals surface area (Å²) < 4.78 is 44.7. The molecule has 0 aliphatic carbocycles. The summed E-state index contributed by atoms with van der Waals surface area (Å²) in [5.74, 6) is -4.92. The van der Waals surface area contributed by atoms with Gasteiger partial charge in [0.25, 0.3) is 0 Å². The van der Waals surface area contributed by atoms with Gasteiger partial charge in [-0.1, -0.05) is 51.4 Å². The Hall–Kier alpha value is -3.01. The number of nitrogens with one attached hydrogen (secondary N) is 2. The predicted molar refractivity (Wildman–Crippen MR) is 131 cm³/mol. The number of nitrogens with zero attached hydrogens (tertiary/aromatic N) is 1. The molecular formula is C23H16BrClF3N3O4S. The first-order chi connectivity index (χ1) is 17.0. The fraction of sp³-hybridized carbons (Fsp3) is 0.217. The molecule has 0 saturated heterocycles. The normalized spacial score (nSPS) is 17.8. The molecule has 0 saturated carbocycles. The molecule has 1 aliphatic heterocycles. The maximum Gasteiger partial charge on any atom is 0.417 e. The zero-order valence-corrected chi connectivity index (χ0v) is 21.4. The van der Waals surface area contributed by atoms with Gasteiger partial charge < -0.3 is 15.4 Å². The van der Waals surface area contributed by atoms with Crippen molar-refractivity contribution in [2.75, 3.05) is 18.2 Å². The molecule has 0 fully saturated rings. The Morgan fingerprint density at radius 3 is 2.61 bits per heavy atom. The number of esters is 1. The van der Waals surface area contributed by atoms with Crippen LogP contribution in [0.1, 0.15) is 17.0 Å². The first kappa shape index (κ1) is 27.6. The molecule has 13 heteroatoms. The summed E-state index contributed by atoms with van der Waals surface area (Å²) in [5.41, 5.74) is -0.701. The van der Waals surface area contributed by atoms with E-state index in [4.69, 9.17) is 16.3 Å². The Bertz CT molecular complexity index is 1300. The number of benzene rings is 2. The number of carbonyl (C=O) groups excluding carboxylic acids is 3. The second-order valence-corrected chi connectivity index (χ2v) is 9.72. The number of hydrogen-bond donors (Lipinski definition) is 2. The highest BCUT2D eigenvalue weighted by Gasteiger charge is 2.44. The summed E-state index contributed by atoms with van der Waals surface area (Å²) in [5, 5.41) is 14.2. The number of halogens is 5. The molecule has 1 aliphatic rings. The van der Waals surface area contributed by atoms with Gasteiger partial charge in [-0.3, -0.25) is 14.4 Å². The van der Waals surface area contributed by atoms with Gasteiger partial charge in [-0.15, -0.1) is 0 Å². The van der Waals surface area contributed by atoms with Crippen molar-refractivity contribution in [2.24, 2.45) is 5.92 Å². The van der Waals surface area contributed by atoms with Gasteiger partial charge in [-0.2, -0.15) is 18.4 Å². The van der Waals surface area contributed by atoms with Gasteiger partial charge in [0.05, 0.1) is 40.1 Å². The van der Waals surface area contributed by atoms with Gasteiger partial charge in [-0.25, -0.2) is 0 Å².